The second-order valence-electron chi connectivity index (χ2n) is 7.95. The Labute approximate surface area is 201 Å². The summed E-state index contributed by atoms with van der Waals surface area (Å²) in [6.07, 6.45) is 1.91. The molecule has 1 N–H and O–H groups in total. The number of rotatable bonds is 11. The molecule has 0 aliphatic heterocycles. The van der Waals surface area contributed by atoms with E-state index in [1.165, 1.54) is 16.4 Å². The molecule has 0 saturated carbocycles. The number of hydrogen-bond acceptors (Lipinski definition) is 6. The fraction of sp³-hybridized carbons (Fsp3) is 0.360. The Hall–Kier alpha value is -3.17. The number of sulfonamides is 1. The number of ether oxygens (including phenoxy) is 1. The lowest BCUT2D eigenvalue weighted by molar-refractivity contribution is -0.116. The SMILES string of the molecule is CCN(CC)S(=O)(=O)c1ccc(OC(C)C)c(NC(=O)CCc2ncc(-c3ccccc3)o2)c1. The predicted octanol–water partition coefficient (Wildman–Crippen LogP) is 4.73. The van der Waals surface area contributed by atoms with Gasteiger partial charge in [0.2, 0.25) is 15.9 Å². The molecule has 1 heterocycles. The highest BCUT2D eigenvalue weighted by Gasteiger charge is 2.23. The fourth-order valence-corrected chi connectivity index (χ4v) is 4.92. The van der Waals surface area contributed by atoms with Gasteiger partial charge in [-0.15, -0.1) is 0 Å². The molecule has 0 saturated heterocycles. The van der Waals surface area contributed by atoms with Gasteiger partial charge in [0, 0.05) is 31.5 Å². The number of nitrogens with one attached hydrogen (secondary N) is 1. The first-order valence-corrected chi connectivity index (χ1v) is 12.8. The van der Waals surface area contributed by atoms with Crippen molar-refractivity contribution in [1.82, 2.24) is 9.29 Å². The molecule has 0 aliphatic rings. The number of aryl methyl sites for hydroxylation is 1. The number of aromatic nitrogens is 1. The van der Waals surface area contributed by atoms with Gasteiger partial charge in [0.15, 0.2) is 11.7 Å². The molecule has 0 atom stereocenters. The first-order valence-electron chi connectivity index (χ1n) is 11.3. The van der Waals surface area contributed by atoms with Crippen LogP contribution < -0.4 is 10.1 Å². The van der Waals surface area contributed by atoms with Crippen LogP contribution in [-0.4, -0.2) is 42.8 Å². The summed E-state index contributed by atoms with van der Waals surface area (Å²) in [5.41, 5.74) is 1.22. The molecule has 1 amide bonds. The first kappa shape index (κ1) is 25.5. The van der Waals surface area contributed by atoms with Crippen LogP contribution in [0.1, 0.15) is 40.0 Å². The van der Waals surface area contributed by atoms with Crippen LogP contribution in [0.4, 0.5) is 5.69 Å². The van der Waals surface area contributed by atoms with Crippen molar-refractivity contribution < 1.29 is 22.4 Å². The smallest absolute Gasteiger partial charge is 0.243 e. The number of anilines is 1. The second-order valence-corrected chi connectivity index (χ2v) is 9.88. The van der Waals surface area contributed by atoms with E-state index in [0.29, 0.717) is 42.6 Å². The van der Waals surface area contributed by atoms with E-state index in [1.54, 1.807) is 26.1 Å². The van der Waals surface area contributed by atoms with Crippen molar-refractivity contribution in [1.29, 1.82) is 0 Å². The van der Waals surface area contributed by atoms with Crippen molar-refractivity contribution in [2.45, 2.75) is 51.5 Å². The molecule has 34 heavy (non-hydrogen) atoms. The van der Waals surface area contributed by atoms with Crippen molar-refractivity contribution in [3.63, 3.8) is 0 Å². The van der Waals surface area contributed by atoms with E-state index in [-0.39, 0.29) is 23.3 Å². The molecular weight excluding hydrogens is 454 g/mol. The van der Waals surface area contributed by atoms with Crippen LogP contribution in [0.25, 0.3) is 11.3 Å². The molecule has 1 aromatic heterocycles. The minimum atomic E-state index is -3.68. The normalized spacial score (nSPS) is 11.7. The predicted molar refractivity (Wildman–Crippen MR) is 131 cm³/mol. The Bertz CT molecular complexity index is 1200. The zero-order valence-electron chi connectivity index (χ0n) is 19.9. The maximum atomic E-state index is 12.9. The Morgan fingerprint density at radius 3 is 2.47 bits per heavy atom. The molecule has 9 heteroatoms. The number of carbonyl (C=O) groups is 1. The van der Waals surface area contributed by atoms with Crippen molar-refractivity contribution in [3.8, 4) is 17.1 Å². The summed E-state index contributed by atoms with van der Waals surface area (Å²) in [6.45, 7) is 7.99. The topological polar surface area (TPSA) is 102 Å². The van der Waals surface area contributed by atoms with Crippen LogP contribution >= 0.6 is 0 Å². The van der Waals surface area contributed by atoms with Gasteiger partial charge in [-0.25, -0.2) is 13.4 Å². The zero-order chi connectivity index (χ0) is 24.7. The molecule has 0 bridgehead atoms. The largest absolute Gasteiger partial charge is 0.489 e. The molecule has 3 rings (SSSR count). The molecular formula is C25H31N3O5S. The van der Waals surface area contributed by atoms with Gasteiger partial charge in [0.25, 0.3) is 0 Å². The number of amides is 1. The number of carbonyl (C=O) groups excluding carboxylic acids is 1. The monoisotopic (exact) mass is 485 g/mol. The highest BCUT2D eigenvalue weighted by Crippen LogP contribution is 2.30. The third kappa shape index (κ3) is 6.24. The lowest BCUT2D eigenvalue weighted by atomic mass is 10.2. The molecule has 182 valence electrons. The molecule has 0 radical (unpaired) electrons. The van der Waals surface area contributed by atoms with Gasteiger partial charge in [-0.3, -0.25) is 4.79 Å². The van der Waals surface area contributed by atoms with E-state index in [4.69, 9.17) is 9.15 Å². The van der Waals surface area contributed by atoms with Crippen molar-refractivity contribution in [2.24, 2.45) is 0 Å². The fourth-order valence-electron chi connectivity index (χ4n) is 3.43. The molecule has 0 unspecified atom stereocenters. The Kier molecular flexibility index (Phi) is 8.46. The summed E-state index contributed by atoms with van der Waals surface area (Å²) in [6, 6.07) is 14.1. The van der Waals surface area contributed by atoms with E-state index in [2.05, 4.69) is 10.3 Å². The summed E-state index contributed by atoms with van der Waals surface area (Å²) in [7, 11) is -3.68. The number of nitrogens with zero attached hydrogens (tertiary/aromatic N) is 2. The third-order valence-electron chi connectivity index (χ3n) is 5.11. The van der Waals surface area contributed by atoms with Crippen LogP contribution in [0, 0.1) is 0 Å². The number of oxazole rings is 1. The van der Waals surface area contributed by atoms with Crippen LogP contribution in [0.15, 0.2) is 64.0 Å². The molecule has 2 aromatic carbocycles. The maximum Gasteiger partial charge on any atom is 0.243 e. The Morgan fingerprint density at radius 2 is 1.82 bits per heavy atom. The lowest BCUT2D eigenvalue weighted by Crippen LogP contribution is -2.30. The van der Waals surface area contributed by atoms with E-state index in [9.17, 15) is 13.2 Å². The number of benzene rings is 2. The summed E-state index contributed by atoms with van der Waals surface area (Å²) in [5.74, 6) is 1.19. The average Bonchev–Trinajstić information content (AvgIpc) is 3.29. The van der Waals surface area contributed by atoms with E-state index < -0.39 is 10.0 Å². The van der Waals surface area contributed by atoms with Crippen LogP contribution in [0.5, 0.6) is 5.75 Å². The van der Waals surface area contributed by atoms with Crippen molar-refractivity contribution in [3.05, 3.63) is 60.6 Å². The zero-order valence-corrected chi connectivity index (χ0v) is 20.8. The first-order chi connectivity index (χ1) is 16.2. The molecule has 8 nitrogen and oxygen atoms in total. The van der Waals surface area contributed by atoms with E-state index in [0.717, 1.165) is 5.56 Å². The van der Waals surface area contributed by atoms with Gasteiger partial charge in [-0.1, -0.05) is 44.2 Å². The van der Waals surface area contributed by atoms with Crippen LogP contribution in [0.3, 0.4) is 0 Å². The van der Waals surface area contributed by atoms with Gasteiger partial charge < -0.3 is 14.5 Å². The molecule has 0 fully saturated rings. The minimum Gasteiger partial charge on any atom is -0.489 e. The van der Waals surface area contributed by atoms with Gasteiger partial charge in [0.05, 0.1) is 22.9 Å². The van der Waals surface area contributed by atoms with Crippen molar-refractivity contribution >= 4 is 21.6 Å². The highest BCUT2D eigenvalue weighted by molar-refractivity contribution is 7.89. The van der Waals surface area contributed by atoms with E-state index in [1.807, 2.05) is 44.2 Å². The molecule has 3 aromatic rings. The van der Waals surface area contributed by atoms with Gasteiger partial charge in [0.1, 0.15) is 5.75 Å². The Morgan fingerprint density at radius 1 is 1.12 bits per heavy atom. The second kappa shape index (κ2) is 11.3. The molecule has 0 aliphatic carbocycles. The Balaban J connectivity index is 1.75. The van der Waals surface area contributed by atoms with Gasteiger partial charge in [-0.2, -0.15) is 4.31 Å². The minimum absolute atomic E-state index is 0.0998. The summed E-state index contributed by atoms with van der Waals surface area (Å²) in [4.78, 5) is 17.1. The van der Waals surface area contributed by atoms with Gasteiger partial charge >= 0.3 is 0 Å². The standard InChI is InChI=1S/C25H31N3O5S/c1-5-28(6-2)34(30,31)20-12-13-22(32-18(3)4)21(16-20)27-24(29)14-15-25-26-17-23(33-25)19-10-8-7-9-11-19/h7-13,16-18H,5-6,14-15H2,1-4H3,(H,27,29). The summed E-state index contributed by atoms with van der Waals surface area (Å²) >= 11 is 0. The van der Waals surface area contributed by atoms with Crippen LogP contribution in [0.2, 0.25) is 0 Å². The van der Waals surface area contributed by atoms with Crippen molar-refractivity contribution in [2.75, 3.05) is 18.4 Å². The third-order valence-corrected chi connectivity index (χ3v) is 7.15. The van der Waals surface area contributed by atoms with Gasteiger partial charge in [-0.05, 0) is 32.0 Å². The summed E-state index contributed by atoms with van der Waals surface area (Å²) < 4.78 is 38.8. The molecule has 0 spiro atoms. The number of hydrogen-bond donors (Lipinski definition) is 1. The van der Waals surface area contributed by atoms with E-state index >= 15 is 0 Å². The highest BCUT2D eigenvalue weighted by atomic mass is 32.2. The van der Waals surface area contributed by atoms with Crippen LogP contribution in [-0.2, 0) is 21.2 Å². The maximum absolute atomic E-state index is 12.9. The lowest BCUT2D eigenvalue weighted by Gasteiger charge is -2.20. The quantitative estimate of drug-likeness (QED) is 0.421. The average molecular weight is 486 g/mol. The summed E-state index contributed by atoms with van der Waals surface area (Å²) in [5, 5.41) is 2.80.